The van der Waals surface area contributed by atoms with Gasteiger partial charge in [0.15, 0.2) is 11.5 Å². The first kappa shape index (κ1) is 22.7. The minimum Gasteiger partial charge on any atom is -0.493 e. The van der Waals surface area contributed by atoms with Crippen molar-refractivity contribution in [1.82, 2.24) is 5.32 Å². The standard InChI is InChI=1S/C25H32N2O4/c1-5-17(2)20-8-6-7-9-21(20)27-16-19(15-24(27)28)25(29)26-13-12-18-10-11-22(30-3)23(14-18)31-4/h6-11,14,17,19H,5,12-13,15-16H2,1-4H3,(H,26,29)/t17-,19-/m0/s1. The maximum Gasteiger partial charge on any atom is 0.227 e. The number of nitrogens with zero attached hydrogens (tertiary/aromatic N) is 1. The molecule has 0 unspecified atom stereocenters. The molecule has 166 valence electrons. The largest absolute Gasteiger partial charge is 0.493 e. The molecular formula is C25H32N2O4. The first-order valence-corrected chi connectivity index (χ1v) is 10.9. The Hall–Kier alpha value is -3.02. The van der Waals surface area contributed by atoms with E-state index in [4.69, 9.17) is 9.47 Å². The van der Waals surface area contributed by atoms with Crippen LogP contribution < -0.4 is 19.7 Å². The zero-order chi connectivity index (χ0) is 22.4. The van der Waals surface area contributed by atoms with E-state index in [0.717, 1.165) is 23.2 Å². The zero-order valence-electron chi connectivity index (χ0n) is 18.8. The molecule has 3 rings (SSSR count). The Morgan fingerprint density at radius 1 is 1.16 bits per heavy atom. The van der Waals surface area contributed by atoms with Gasteiger partial charge in [0.2, 0.25) is 11.8 Å². The molecule has 2 atom stereocenters. The van der Waals surface area contributed by atoms with Gasteiger partial charge in [-0.1, -0.05) is 38.1 Å². The summed E-state index contributed by atoms with van der Waals surface area (Å²) in [6.07, 6.45) is 1.92. The molecular weight excluding hydrogens is 392 g/mol. The predicted molar refractivity (Wildman–Crippen MR) is 122 cm³/mol. The van der Waals surface area contributed by atoms with Gasteiger partial charge in [0, 0.05) is 25.2 Å². The van der Waals surface area contributed by atoms with E-state index in [9.17, 15) is 9.59 Å². The lowest BCUT2D eigenvalue weighted by molar-refractivity contribution is -0.126. The van der Waals surface area contributed by atoms with Crippen LogP contribution in [0.4, 0.5) is 5.69 Å². The van der Waals surface area contributed by atoms with Crippen LogP contribution in [-0.4, -0.2) is 39.1 Å². The van der Waals surface area contributed by atoms with Crippen LogP contribution in [-0.2, 0) is 16.0 Å². The number of hydrogen-bond donors (Lipinski definition) is 1. The number of carbonyl (C=O) groups excluding carboxylic acids is 2. The molecule has 2 amide bonds. The van der Waals surface area contributed by atoms with Crippen LogP contribution in [0.15, 0.2) is 42.5 Å². The van der Waals surface area contributed by atoms with E-state index in [1.54, 1.807) is 19.1 Å². The van der Waals surface area contributed by atoms with Crippen molar-refractivity contribution in [1.29, 1.82) is 0 Å². The van der Waals surface area contributed by atoms with Crippen molar-refractivity contribution >= 4 is 17.5 Å². The normalized spacial score (nSPS) is 16.8. The topological polar surface area (TPSA) is 67.9 Å². The van der Waals surface area contributed by atoms with E-state index in [1.807, 2.05) is 36.4 Å². The van der Waals surface area contributed by atoms with E-state index < -0.39 is 0 Å². The van der Waals surface area contributed by atoms with Crippen molar-refractivity contribution < 1.29 is 19.1 Å². The van der Waals surface area contributed by atoms with Crippen LogP contribution in [0.5, 0.6) is 11.5 Å². The molecule has 0 saturated carbocycles. The molecule has 0 bridgehead atoms. The minimum absolute atomic E-state index is 0.00999. The summed E-state index contributed by atoms with van der Waals surface area (Å²) in [6.45, 7) is 5.23. The van der Waals surface area contributed by atoms with Crippen LogP contribution in [0.1, 0.15) is 43.7 Å². The van der Waals surface area contributed by atoms with Gasteiger partial charge < -0.3 is 19.7 Å². The van der Waals surface area contributed by atoms with Gasteiger partial charge in [-0.05, 0) is 48.1 Å². The molecule has 6 heteroatoms. The lowest BCUT2D eigenvalue weighted by Crippen LogP contribution is -2.34. The molecule has 2 aromatic rings. The molecule has 1 N–H and O–H groups in total. The number of amides is 2. The van der Waals surface area contributed by atoms with Crippen molar-refractivity contribution in [2.45, 2.75) is 39.0 Å². The van der Waals surface area contributed by atoms with Crippen molar-refractivity contribution in [3.05, 3.63) is 53.6 Å². The van der Waals surface area contributed by atoms with E-state index in [-0.39, 0.29) is 24.2 Å². The molecule has 0 spiro atoms. The Balaban J connectivity index is 1.59. The van der Waals surface area contributed by atoms with Gasteiger partial charge in [0.05, 0.1) is 20.1 Å². The molecule has 1 fully saturated rings. The monoisotopic (exact) mass is 424 g/mol. The average Bonchev–Trinajstić information content (AvgIpc) is 3.19. The number of hydrogen-bond acceptors (Lipinski definition) is 4. The SMILES string of the molecule is CC[C@H](C)c1ccccc1N1C[C@@H](C(=O)NCCc2ccc(OC)c(OC)c2)CC1=O. The number of methoxy groups -OCH3 is 2. The molecule has 1 heterocycles. The second-order valence-electron chi connectivity index (χ2n) is 8.00. The fourth-order valence-electron chi connectivity index (χ4n) is 4.00. The molecule has 6 nitrogen and oxygen atoms in total. The predicted octanol–water partition coefficient (Wildman–Crippen LogP) is 3.93. The number of para-hydroxylation sites is 1. The molecule has 2 aromatic carbocycles. The second kappa shape index (κ2) is 10.3. The highest BCUT2D eigenvalue weighted by molar-refractivity contribution is 6.00. The Bertz CT molecular complexity index is 927. The van der Waals surface area contributed by atoms with Crippen LogP contribution in [0.3, 0.4) is 0 Å². The maximum atomic E-state index is 12.7. The van der Waals surface area contributed by atoms with Crippen molar-refractivity contribution in [2.24, 2.45) is 5.92 Å². The Kier molecular flexibility index (Phi) is 7.55. The quantitative estimate of drug-likeness (QED) is 0.662. The molecule has 0 aromatic heterocycles. The third-order valence-corrected chi connectivity index (χ3v) is 6.03. The lowest BCUT2D eigenvalue weighted by Gasteiger charge is -2.23. The Morgan fingerprint density at radius 2 is 1.90 bits per heavy atom. The van der Waals surface area contributed by atoms with Crippen molar-refractivity contribution in [3.63, 3.8) is 0 Å². The van der Waals surface area contributed by atoms with Gasteiger partial charge >= 0.3 is 0 Å². The molecule has 1 aliphatic heterocycles. The molecule has 1 aliphatic rings. The van der Waals surface area contributed by atoms with E-state index in [1.165, 1.54) is 0 Å². The molecule has 0 aliphatic carbocycles. The third kappa shape index (κ3) is 5.19. The van der Waals surface area contributed by atoms with Crippen molar-refractivity contribution in [3.8, 4) is 11.5 Å². The van der Waals surface area contributed by atoms with Crippen LogP contribution in [0.25, 0.3) is 0 Å². The highest BCUT2D eigenvalue weighted by Crippen LogP contribution is 2.33. The summed E-state index contributed by atoms with van der Waals surface area (Å²) < 4.78 is 10.6. The molecule has 31 heavy (non-hydrogen) atoms. The number of anilines is 1. The summed E-state index contributed by atoms with van der Waals surface area (Å²) in [5, 5.41) is 2.99. The number of nitrogens with one attached hydrogen (secondary N) is 1. The summed E-state index contributed by atoms with van der Waals surface area (Å²) >= 11 is 0. The number of rotatable bonds is 9. The smallest absolute Gasteiger partial charge is 0.227 e. The number of ether oxygens (including phenoxy) is 2. The van der Waals surface area contributed by atoms with Crippen molar-refractivity contribution in [2.75, 3.05) is 32.2 Å². The first-order valence-electron chi connectivity index (χ1n) is 10.9. The van der Waals surface area contributed by atoms with Gasteiger partial charge in [-0.2, -0.15) is 0 Å². The fraction of sp³-hybridized carbons (Fsp3) is 0.440. The first-order chi connectivity index (χ1) is 15.0. The highest BCUT2D eigenvalue weighted by atomic mass is 16.5. The van der Waals surface area contributed by atoms with Gasteiger partial charge in [0.1, 0.15) is 0 Å². The van der Waals surface area contributed by atoms with Gasteiger partial charge in [-0.15, -0.1) is 0 Å². The minimum atomic E-state index is -0.331. The number of benzene rings is 2. The highest BCUT2D eigenvalue weighted by Gasteiger charge is 2.36. The van der Waals surface area contributed by atoms with Gasteiger partial charge in [0.25, 0.3) is 0 Å². The molecule has 0 radical (unpaired) electrons. The van der Waals surface area contributed by atoms with Gasteiger partial charge in [-0.25, -0.2) is 0 Å². The molecule has 1 saturated heterocycles. The van der Waals surface area contributed by atoms with E-state index in [2.05, 4.69) is 25.2 Å². The fourth-order valence-corrected chi connectivity index (χ4v) is 4.00. The zero-order valence-corrected chi connectivity index (χ0v) is 18.8. The van der Waals surface area contributed by atoms with Gasteiger partial charge in [-0.3, -0.25) is 9.59 Å². The Labute approximate surface area is 184 Å². The lowest BCUT2D eigenvalue weighted by atomic mass is 9.96. The van der Waals surface area contributed by atoms with Crippen LogP contribution >= 0.6 is 0 Å². The summed E-state index contributed by atoms with van der Waals surface area (Å²) in [4.78, 5) is 27.2. The maximum absolute atomic E-state index is 12.7. The third-order valence-electron chi connectivity index (χ3n) is 6.03. The van der Waals surface area contributed by atoms with Crippen LogP contribution in [0.2, 0.25) is 0 Å². The number of carbonyl (C=O) groups is 2. The Morgan fingerprint density at radius 3 is 2.61 bits per heavy atom. The average molecular weight is 425 g/mol. The van der Waals surface area contributed by atoms with Crippen LogP contribution in [0, 0.1) is 5.92 Å². The second-order valence-corrected chi connectivity index (χ2v) is 8.00. The van der Waals surface area contributed by atoms with E-state index in [0.29, 0.717) is 36.9 Å². The summed E-state index contributed by atoms with van der Waals surface area (Å²) in [5.41, 5.74) is 3.14. The summed E-state index contributed by atoms with van der Waals surface area (Å²) in [6, 6.07) is 13.7. The van der Waals surface area contributed by atoms with E-state index >= 15 is 0 Å². The summed E-state index contributed by atoms with van der Waals surface area (Å²) in [7, 11) is 3.21. The summed E-state index contributed by atoms with van der Waals surface area (Å²) in [5.74, 6) is 1.32.